The van der Waals surface area contributed by atoms with Gasteiger partial charge in [-0.15, -0.1) is 0 Å². The van der Waals surface area contributed by atoms with E-state index in [1.807, 2.05) is 0 Å². The SMILES string of the molecule is CC(C)c1ccc(NC(=S)NC(C)C2CC3CCC2C3)cc1. The number of fused-ring (bicyclic) bond motifs is 2. The standard InChI is InChI=1S/C19H28N2S/c1-12(2)15-6-8-17(9-7-15)21-19(22)20-13(3)18-11-14-4-5-16(18)10-14/h6-9,12-14,16,18H,4-5,10-11H2,1-3H3,(H2,20,21,22). The Bertz CT molecular complexity index is 523. The molecule has 2 fully saturated rings. The molecule has 2 aliphatic carbocycles. The first-order chi connectivity index (χ1) is 10.5. The molecule has 0 aromatic heterocycles. The number of nitrogens with one attached hydrogen (secondary N) is 2. The molecule has 3 rings (SSSR count). The van der Waals surface area contributed by atoms with E-state index in [2.05, 4.69) is 55.7 Å². The van der Waals surface area contributed by atoms with E-state index in [0.717, 1.165) is 28.6 Å². The molecule has 0 amide bonds. The molecule has 0 spiro atoms. The molecule has 0 heterocycles. The molecule has 2 N–H and O–H groups in total. The first kappa shape index (κ1) is 15.8. The van der Waals surface area contributed by atoms with E-state index in [1.54, 1.807) is 0 Å². The Hall–Kier alpha value is -1.09. The van der Waals surface area contributed by atoms with E-state index in [0.29, 0.717) is 12.0 Å². The molecule has 0 aliphatic heterocycles. The third-order valence-corrected chi connectivity index (χ3v) is 5.85. The number of thiocarbonyl (C=S) groups is 1. The number of anilines is 1. The van der Waals surface area contributed by atoms with Crippen molar-refractivity contribution in [2.75, 3.05) is 5.32 Å². The van der Waals surface area contributed by atoms with Crippen molar-refractivity contribution < 1.29 is 0 Å². The zero-order chi connectivity index (χ0) is 15.7. The largest absolute Gasteiger partial charge is 0.360 e. The summed E-state index contributed by atoms with van der Waals surface area (Å²) in [6.07, 6.45) is 5.73. The van der Waals surface area contributed by atoms with E-state index < -0.39 is 0 Å². The zero-order valence-electron chi connectivity index (χ0n) is 13.9. The van der Waals surface area contributed by atoms with Gasteiger partial charge >= 0.3 is 0 Å². The molecule has 4 unspecified atom stereocenters. The van der Waals surface area contributed by atoms with Crippen LogP contribution in [0.4, 0.5) is 5.69 Å². The second-order valence-corrected chi connectivity index (χ2v) is 7.91. The number of hydrogen-bond donors (Lipinski definition) is 2. The normalized spacial score (nSPS) is 27.9. The number of benzene rings is 1. The van der Waals surface area contributed by atoms with Gasteiger partial charge < -0.3 is 10.6 Å². The lowest BCUT2D eigenvalue weighted by atomic mass is 9.84. The van der Waals surface area contributed by atoms with Crippen LogP contribution in [0, 0.1) is 17.8 Å². The molecule has 1 aromatic rings. The van der Waals surface area contributed by atoms with Gasteiger partial charge in [0.15, 0.2) is 5.11 Å². The second-order valence-electron chi connectivity index (χ2n) is 7.50. The highest BCUT2D eigenvalue weighted by Gasteiger charge is 2.41. The van der Waals surface area contributed by atoms with Gasteiger partial charge in [-0.1, -0.05) is 32.4 Å². The summed E-state index contributed by atoms with van der Waals surface area (Å²) in [6.45, 7) is 6.72. The lowest BCUT2D eigenvalue weighted by Gasteiger charge is -2.29. The summed E-state index contributed by atoms with van der Waals surface area (Å²) < 4.78 is 0. The lowest BCUT2D eigenvalue weighted by molar-refractivity contribution is 0.279. The van der Waals surface area contributed by atoms with E-state index >= 15 is 0 Å². The summed E-state index contributed by atoms with van der Waals surface area (Å²) in [7, 11) is 0. The molecule has 3 heteroatoms. The Kier molecular flexibility index (Phi) is 4.72. The van der Waals surface area contributed by atoms with Crippen molar-refractivity contribution in [1.82, 2.24) is 5.32 Å². The summed E-state index contributed by atoms with van der Waals surface area (Å²) in [4.78, 5) is 0. The maximum atomic E-state index is 5.50. The molecular formula is C19H28N2S. The van der Waals surface area contributed by atoms with Gasteiger partial charge in [-0.2, -0.15) is 0 Å². The highest BCUT2D eigenvalue weighted by Crippen LogP contribution is 2.49. The molecule has 2 saturated carbocycles. The Morgan fingerprint density at radius 3 is 2.36 bits per heavy atom. The molecule has 2 aliphatic rings. The average Bonchev–Trinajstić information content (AvgIpc) is 3.10. The Morgan fingerprint density at radius 2 is 1.82 bits per heavy atom. The van der Waals surface area contributed by atoms with Crippen molar-refractivity contribution in [2.45, 2.75) is 58.4 Å². The van der Waals surface area contributed by atoms with Gasteiger partial charge in [0.2, 0.25) is 0 Å². The Labute approximate surface area is 140 Å². The fourth-order valence-electron chi connectivity index (χ4n) is 4.34. The third kappa shape index (κ3) is 3.45. The molecule has 1 aromatic carbocycles. The van der Waals surface area contributed by atoms with Crippen LogP contribution in [0.5, 0.6) is 0 Å². The van der Waals surface area contributed by atoms with Gasteiger partial charge in [-0.3, -0.25) is 0 Å². The molecule has 22 heavy (non-hydrogen) atoms. The summed E-state index contributed by atoms with van der Waals surface area (Å²) in [5.74, 6) is 3.30. The maximum Gasteiger partial charge on any atom is 0.170 e. The highest BCUT2D eigenvalue weighted by atomic mass is 32.1. The number of hydrogen-bond acceptors (Lipinski definition) is 1. The van der Waals surface area contributed by atoms with Crippen LogP contribution in [0.1, 0.15) is 57.9 Å². The maximum absolute atomic E-state index is 5.50. The number of rotatable bonds is 4. The van der Waals surface area contributed by atoms with Crippen molar-refractivity contribution >= 4 is 23.0 Å². The fraction of sp³-hybridized carbons (Fsp3) is 0.632. The van der Waals surface area contributed by atoms with Crippen LogP contribution in [0.25, 0.3) is 0 Å². The van der Waals surface area contributed by atoms with Gasteiger partial charge in [0, 0.05) is 11.7 Å². The van der Waals surface area contributed by atoms with Crippen LogP contribution in [0.3, 0.4) is 0 Å². The van der Waals surface area contributed by atoms with Gasteiger partial charge in [0.05, 0.1) is 0 Å². The minimum atomic E-state index is 0.477. The molecular weight excluding hydrogens is 288 g/mol. The van der Waals surface area contributed by atoms with E-state index in [-0.39, 0.29) is 0 Å². The lowest BCUT2D eigenvalue weighted by Crippen LogP contribution is -2.42. The van der Waals surface area contributed by atoms with Crippen LogP contribution in [-0.4, -0.2) is 11.2 Å². The monoisotopic (exact) mass is 316 g/mol. The second kappa shape index (κ2) is 6.57. The van der Waals surface area contributed by atoms with E-state index in [1.165, 1.54) is 31.2 Å². The molecule has 0 radical (unpaired) electrons. The molecule has 120 valence electrons. The first-order valence-corrected chi connectivity index (χ1v) is 9.11. The third-order valence-electron chi connectivity index (χ3n) is 5.63. The van der Waals surface area contributed by atoms with Gasteiger partial charge in [-0.25, -0.2) is 0 Å². The van der Waals surface area contributed by atoms with Crippen molar-refractivity contribution in [3.05, 3.63) is 29.8 Å². The fourth-order valence-corrected chi connectivity index (χ4v) is 4.64. The van der Waals surface area contributed by atoms with Gasteiger partial charge in [-0.05, 0) is 79.8 Å². The summed E-state index contributed by atoms with van der Waals surface area (Å²) in [5.41, 5.74) is 2.43. The summed E-state index contributed by atoms with van der Waals surface area (Å²) in [5, 5.41) is 7.60. The van der Waals surface area contributed by atoms with Crippen molar-refractivity contribution in [3.63, 3.8) is 0 Å². The quantitative estimate of drug-likeness (QED) is 0.771. The molecule has 2 nitrogen and oxygen atoms in total. The predicted molar refractivity (Wildman–Crippen MR) is 98.3 cm³/mol. The summed E-state index contributed by atoms with van der Waals surface area (Å²) >= 11 is 5.50. The van der Waals surface area contributed by atoms with E-state index in [4.69, 9.17) is 12.2 Å². The average molecular weight is 317 g/mol. The minimum absolute atomic E-state index is 0.477. The van der Waals surface area contributed by atoms with Crippen molar-refractivity contribution in [1.29, 1.82) is 0 Å². The molecule has 2 bridgehead atoms. The Morgan fingerprint density at radius 1 is 1.09 bits per heavy atom. The minimum Gasteiger partial charge on any atom is -0.360 e. The van der Waals surface area contributed by atoms with Crippen LogP contribution in [0.2, 0.25) is 0 Å². The topological polar surface area (TPSA) is 24.1 Å². The van der Waals surface area contributed by atoms with Crippen molar-refractivity contribution in [2.24, 2.45) is 17.8 Å². The first-order valence-electron chi connectivity index (χ1n) is 8.70. The highest BCUT2D eigenvalue weighted by molar-refractivity contribution is 7.80. The zero-order valence-corrected chi connectivity index (χ0v) is 14.7. The van der Waals surface area contributed by atoms with Crippen LogP contribution < -0.4 is 10.6 Å². The van der Waals surface area contributed by atoms with Crippen molar-refractivity contribution in [3.8, 4) is 0 Å². The predicted octanol–water partition coefficient (Wildman–Crippen LogP) is 4.92. The van der Waals surface area contributed by atoms with Crippen LogP contribution >= 0.6 is 12.2 Å². The van der Waals surface area contributed by atoms with Gasteiger partial charge in [0.25, 0.3) is 0 Å². The van der Waals surface area contributed by atoms with E-state index in [9.17, 15) is 0 Å². The molecule has 0 saturated heterocycles. The summed E-state index contributed by atoms with van der Waals surface area (Å²) in [6, 6.07) is 9.06. The van der Waals surface area contributed by atoms with Gasteiger partial charge in [0.1, 0.15) is 0 Å². The Balaban J connectivity index is 1.51. The smallest absolute Gasteiger partial charge is 0.170 e. The van der Waals surface area contributed by atoms with Crippen LogP contribution in [0.15, 0.2) is 24.3 Å². The molecule has 4 atom stereocenters. The van der Waals surface area contributed by atoms with Crippen LogP contribution in [-0.2, 0) is 0 Å².